The SMILES string of the molecule is CCCCCCCCCOc1ccc([C@H](N)C(F)(F)F)c2ccccc12. The minimum atomic E-state index is -4.47. The van der Waals surface area contributed by atoms with Crippen molar-refractivity contribution in [2.24, 2.45) is 5.73 Å². The molecule has 0 amide bonds. The lowest BCUT2D eigenvalue weighted by Gasteiger charge is -2.19. The number of halogens is 3. The van der Waals surface area contributed by atoms with Gasteiger partial charge in [0.05, 0.1) is 6.61 Å². The van der Waals surface area contributed by atoms with Gasteiger partial charge in [0, 0.05) is 5.39 Å². The van der Waals surface area contributed by atoms with Gasteiger partial charge in [-0.1, -0.05) is 75.8 Å². The largest absolute Gasteiger partial charge is 0.493 e. The van der Waals surface area contributed by atoms with Crippen LogP contribution in [0.5, 0.6) is 5.75 Å². The quantitative estimate of drug-likeness (QED) is 0.484. The summed E-state index contributed by atoms with van der Waals surface area (Å²) in [5.41, 5.74) is 5.49. The van der Waals surface area contributed by atoms with Crippen molar-refractivity contribution in [2.75, 3.05) is 6.61 Å². The second-order valence-electron chi connectivity index (χ2n) is 6.69. The summed E-state index contributed by atoms with van der Waals surface area (Å²) in [6.45, 7) is 2.77. The Bertz CT molecular complexity index is 685. The molecule has 0 unspecified atom stereocenters. The molecule has 0 aliphatic rings. The first-order valence-corrected chi connectivity index (χ1v) is 9.42. The average Bonchev–Trinajstić information content (AvgIpc) is 2.62. The molecule has 0 radical (unpaired) electrons. The van der Waals surface area contributed by atoms with Gasteiger partial charge >= 0.3 is 6.18 Å². The van der Waals surface area contributed by atoms with E-state index in [1.807, 2.05) is 0 Å². The van der Waals surface area contributed by atoms with Crippen molar-refractivity contribution in [2.45, 2.75) is 64.1 Å². The molecule has 0 aliphatic carbocycles. The van der Waals surface area contributed by atoms with Gasteiger partial charge < -0.3 is 10.5 Å². The molecule has 0 aromatic heterocycles. The molecule has 2 rings (SSSR count). The molecule has 144 valence electrons. The number of hydrogen-bond acceptors (Lipinski definition) is 2. The fourth-order valence-corrected chi connectivity index (χ4v) is 3.11. The third-order valence-corrected chi connectivity index (χ3v) is 4.61. The predicted molar refractivity (Wildman–Crippen MR) is 100 cm³/mol. The average molecular weight is 367 g/mol. The van der Waals surface area contributed by atoms with E-state index in [0.29, 0.717) is 23.1 Å². The fourth-order valence-electron chi connectivity index (χ4n) is 3.11. The van der Waals surface area contributed by atoms with Crippen molar-refractivity contribution in [3.63, 3.8) is 0 Å². The lowest BCUT2D eigenvalue weighted by Crippen LogP contribution is -2.28. The van der Waals surface area contributed by atoms with Crippen LogP contribution < -0.4 is 10.5 Å². The van der Waals surface area contributed by atoms with Crippen LogP contribution in [0.2, 0.25) is 0 Å². The highest BCUT2D eigenvalue weighted by Crippen LogP contribution is 2.37. The Hall–Kier alpha value is -1.75. The van der Waals surface area contributed by atoms with Gasteiger partial charge in [-0.3, -0.25) is 0 Å². The smallest absolute Gasteiger partial charge is 0.407 e. The zero-order valence-corrected chi connectivity index (χ0v) is 15.3. The maximum Gasteiger partial charge on any atom is 0.407 e. The molecule has 2 aromatic rings. The highest BCUT2D eigenvalue weighted by Gasteiger charge is 2.38. The lowest BCUT2D eigenvalue weighted by atomic mass is 9.98. The summed E-state index contributed by atoms with van der Waals surface area (Å²) in [4.78, 5) is 0. The molecule has 0 aliphatic heterocycles. The number of ether oxygens (including phenoxy) is 1. The lowest BCUT2D eigenvalue weighted by molar-refractivity contribution is -0.148. The first kappa shape index (κ1) is 20.6. The summed E-state index contributed by atoms with van der Waals surface area (Å²) in [5, 5.41) is 1.17. The Kier molecular flexibility index (Phi) is 7.76. The number of nitrogens with two attached hydrogens (primary N) is 1. The molecule has 26 heavy (non-hydrogen) atoms. The Morgan fingerprint density at radius 2 is 1.50 bits per heavy atom. The molecule has 0 saturated carbocycles. The van der Waals surface area contributed by atoms with Gasteiger partial charge in [0.1, 0.15) is 11.8 Å². The van der Waals surface area contributed by atoms with Gasteiger partial charge in [0.25, 0.3) is 0 Å². The molecule has 0 spiro atoms. The number of alkyl halides is 3. The minimum absolute atomic E-state index is 0.0800. The first-order chi connectivity index (χ1) is 12.4. The van der Waals surface area contributed by atoms with Crippen molar-refractivity contribution in [3.05, 3.63) is 42.0 Å². The molecule has 2 nitrogen and oxygen atoms in total. The number of hydrogen-bond donors (Lipinski definition) is 1. The van der Waals surface area contributed by atoms with E-state index in [4.69, 9.17) is 10.5 Å². The molecule has 0 fully saturated rings. The van der Waals surface area contributed by atoms with E-state index < -0.39 is 12.2 Å². The molecule has 1 atom stereocenters. The third kappa shape index (κ3) is 5.63. The second kappa shape index (κ2) is 9.81. The van der Waals surface area contributed by atoms with Gasteiger partial charge in [-0.2, -0.15) is 13.2 Å². The van der Waals surface area contributed by atoms with Crippen LogP contribution in [0, 0.1) is 0 Å². The van der Waals surface area contributed by atoms with E-state index in [0.717, 1.165) is 12.8 Å². The van der Waals surface area contributed by atoms with Gasteiger partial charge in [0.2, 0.25) is 0 Å². The zero-order chi connectivity index (χ0) is 19.0. The summed E-state index contributed by atoms with van der Waals surface area (Å²) in [6, 6.07) is 8.00. The van der Waals surface area contributed by atoms with E-state index in [-0.39, 0.29) is 5.56 Å². The van der Waals surface area contributed by atoms with Crippen molar-refractivity contribution in [3.8, 4) is 5.75 Å². The summed E-state index contributed by atoms with van der Waals surface area (Å²) in [5.74, 6) is 0.615. The number of benzene rings is 2. The normalized spacial score (nSPS) is 13.1. The summed E-state index contributed by atoms with van der Waals surface area (Å²) in [7, 11) is 0. The van der Waals surface area contributed by atoms with Crippen LogP contribution in [0.15, 0.2) is 36.4 Å². The van der Waals surface area contributed by atoms with E-state index in [1.165, 1.54) is 38.2 Å². The van der Waals surface area contributed by atoms with Crippen molar-refractivity contribution in [1.82, 2.24) is 0 Å². The highest BCUT2D eigenvalue weighted by molar-refractivity contribution is 5.91. The maximum atomic E-state index is 13.0. The van der Waals surface area contributed by atoms with Gasteiger partial charge in [-0.05, 0) is 23.4 Å². The molecule has 2 N–H and O–H groups in total. The second-order valence-corrected chi connectivity index (χ2v) is 6.69. The third-order valence-electron chi connectivity index (χ3n) is 4.61. The standard InChI is InChI=1S/C21H28F3NO/c1-2-3-4-5-6-7-10-15-26-19-14-13-18(20(25)21(22,23)24)16-11-8-9-12-17(16)19/h8-9,11-14,20H,2-7,10,15,25H2,1H3/t20-/m0/s1. The molecule has 0 heterocycles. The topological polar surface area (TPSA) is 35.2 Å². The van der Waals surface area contributed by atoms with Crippen LogP contribution in [0.3, 0.4) is 0 Å². The van der Waals surface area contributed by atoms with Gasteiger partial charge in [-0.15, -0.1) is 0 Å². The van der Waals surface area contributed by atoms with Crippen molar-refractivity contribution < 1.29 is 17.9 Å². The number of fused-ring (bicyclic) bond motifs is 1. The van der Waals surface area contributed by atoms with Crippen LogP contribution in [0.1, 0.15) is 63.5 Å². The molecule has 0 saturated heterocycles. The zero-order valence-electron chi connectivity index (χ0n) is 15.3. The summed E-state index contributed by atoms with van der Waals surface area (Å²) in [6.07, 6.45) is 3.85. The Balaban J connectivity index is 1.99. The van der Waals surface area contributed by atoms with Crippen molar-refractivity contribution >= 4 is 10.8 Å². The molecular weight excluding hydrogens is 339 g/mol. The van der Waals surface area contributed by atoms with Gasteiger partial charge in [-0.25, -0.2) is 0 Å². The molecule has 2 aromatic carbocycles. The fraction of sp³-hybridized carbons (Fsp3) is 0.524. The number of rotatable bonds is 10. The summed E-state index contributed by atoms with van der Waals surface area (Å²) < 4.78 is 44.9. The van der Waals surface area contributed by atoms with Crippen LogP contribution in [0.4, 0.5) is 13.2 Å². The van der Waals surface area contributed by atoms with E-state index in [9.17, 15) is 13.2 Å². The van der Waals surface area contributed by atoms with E-state index in [1.54, 1.807) is 30.3 Å². The minimum Gasteiger partial charge on any atom is -0.493 e. The molecule has 5 heteroatoms. The van der Waals surface area contributed by atoms with Crippen LogP contribution in [-0.2, 0) is 0 Å². The predicted octanol–water partition coefficient (Wildman–Crippen LogP) is 6.53. The van der Waals surface area contributed by atoms with Crippen LogP contribution >= 0.6 is 0 Å². The Morgan fingerprint density at radius 1 is 0.885 bits per heavy atom. The maximum absolute atomic E-state index is 13.0. The van der Waals surface area contributed by atoms with Crippen LogP contribution in [0.25, 0.3) is 10.8 Å². The molecule has 0 bridgehead atoms. The Labute approximate surface area is 153 Å². The Morgan fingerprint density at radius 3 is 2.15 bits per heavy atom. The molecular formula is C21H28F3NO. The van der Waals surface area contributed by atoms with E-state index >= 15 is 0 Å². The monoisotopic (exact) mass is 367 g/mol. The number of unbranched alkanes of at least 4 members (excludes halogenated alkanes) is 6. The highest BCUT2D eigenvalue weighted by atomic mass is 19.4. The first-order valence-electron chi connectivity index (χ1n) is 9.42. The van der Waals surface area contributed by atoms with Crippen LogP contribution in [-0.4, -0.2) is 12.8 Å². The van der Waals surface area contributed by atoms with Gasteiger partial charge in [0.15, 0.2) is 0 Å². The van der Waals surface area contributed by atoms with Crippen molar-refractivity contribution in [1.29, 1.82) is 0 Å². The van der Waals surface area contributed by atoms with E-state index in [2.05, 4.69) is 6.92 Å². The summed E-state index contributed by atoms with van der Waals surface area (Å²) >= 11 is 0.